The maximum absolute atomic E-state index is 13.0. The first kappa shape index (κ1) is 26.8. The van der Waals surface area contributed by atoms with Gasteiger partial charge in [-0.15, -0.1) is 0 Å². The second-order valence-corrected chi connectivity index (χ2v) is 8.94. The molecule has 190 valence electrons. The maximum Gasteiger partial charge on any atom is 0.305 e. The van der Waals surface area contributed by atoms with Crippen LogP contribution >= 0.6 is 0 Å². The topological polar surface area (TPSA) is 73.9 Å². The Bertz CT molecular complexity index is 1120. The van der Waals surface area contributed by atoms with Crippen molar-refractivity contribution in [1.29, 1.82) is 0 Å². The first-order valence-corrected chi connectivity index (χ1v) is 12.4. The highest BCUT2D eigenvalue weighted by Gasteiger charge is 2.13. The molecule has 0 saturated carbocycles. The second-order valence-electron chi connectivity index (χ2n) is 8.94. The molecule has 1 amide bonds. The number of hydrogen-bond donors (Lipinski definition) is 1. The summed E-state index contributed by atoms with van der Waals surface area (Å²) in [6.45, 7) is 7.32. The number of rotatable bonds is 13. The van der Waals surface area contributed by atoms with Crippen molar-refractivity contribution in [2.75, 3.05) is 18.5 Å². The Balaban J connectivity index is 1.55. The summed E-state index contributed by atoms with van der Waals surface area (Å²) in [7, 11) is 0. The van der Waals surface area contributed by atoms with Gasteiger partial charge in [-0.25, -0.2) is 0 Å². The summed E-state index contributed by atoms with van der Waals surface area (Å²) in [5.74, 6) is 1.22. The molecule has 0 aliphatic rings. The van der Waals surface area contributed by atoms with Crippen LogP contribution in [0.4, 0.5) is 5.69 Å². The summed E-state index contributed by atoms with van der Waals surface area (Å²) in [5, 5.41) is 2.92. The van der Waals surface area contributed by atoms with Crippen molar-refractivity contribution in [3.05, 3.63) is 89.5 Å². The van der Waals surface area contributed by atoms with Crippen LogP contribution in [0.15, 0.2) is 72.8 Å². The van der Waals surface area contributed by atoms with Crippen molar-refractivity contribution in [3.63, 3.8) is 0 Å². The monoisotopic (exact) mass is 489 g/mol. The predicted molar refractivity (Wildman–Crippen MR) is 142 cm³/mol. The minimum absolute atomic E-state index is 0.252. The Morgan fingerprint density at radius 2 is 1.64 bits per heavy atom. The van der Waals surface area contributed by atoms with Crippen molar-refractivity contribution in [2.24, 2.45) is 5.92 Å². The Kier molecular flexibility index (Phi) is 10.4. The zero-order valence-electron chi connectivity index (χ0n) is 21.3. The fraction of sp³-hybridized carbons (Fsp3) is 0.333. The van der Waals surface area contributed by atoms with Gasteiger partial charge in [0, 0.05) is 18.2 Å². The SMILES string of the molecule is CCOC(=O)CCCOc1ccccc1C(=O)Nc1cccc(OCc2ccc(CC(C)C)cc2)c1. The van der Waals surface area contributed by atoms with Crippen LogP contribution in [0.25, 0.3) is 0 Å². The van der Waals surface area contributed by atoms with E-state index in [0.29, 0.717) is 54.9 Å². The van der Waals surface area contributed by atoms with Gasteiger partial charge < -0.3 is 19.5 Å². The number of esters is 1. The molecule has 3 aromatic rings. The summed E-state index contributed by atoms with van der Waals surface area (Å²) < 4.78 is 16.6. The fourth-order valence-electron chi connectivity index (χ4n) is 3.68. The van der Waals surface area contributed by atoms with E-state index in [9.17, 15) is 9.59 Å². The number of benzene rings is 3. The average Bonchev–Trinajstić information content (AvgIpc) is 2.86. The quantitative estimate of drug-likeness (QED) is 0.221. The Hall–Kier alpha value is -3.80. The molecule has 0 saturated heterocycles. The van der Waals surface area contributed by atoms with Gasteiger partial charge in [-0.2, -0.15) is 0 Å². The molecule has 6 heteroatoms. The van der Waals surface area contributed by atoms with Gasteiger partial charge in [0.2, 0.25) is 0 Å². The molecular formula is C30H35NO5. The van der Waals surface area contributed by atoms with Crippen LogP contribution < -0.4 is 14.8 Å². The van der Waals surface area contributed by atoms with E-state index in [0.717, 1.165) is 12.0 Å². The van der Waals surface area contributed by atoms with E-state index in [4.69, 9.17) is 14.2 Å². The van der Waals surface area contributed by atoms with Crippen molar-refractivity contribution in [1.82, 2.24) is 0 Å². The largest absolute Gasteiger partial charge is 0.493 e. The van der Waals surface area contributed by atoms with E-state index in [1.807, 2.05) is 18.2 Å². The highest BCUT2D eigenvalue weighted by Crippen LogP contribution is 2.23. The molecule has 0 aliphatic heterocycles. The number of amides is 1. The molecule has 3 rings (SSSR count). The molecule has 0 fully saturated rings. The van der Waals surface area contributed by atoms with Gasteiger partial charge in [-0.05, 0) is 61.1 Å². The highest BCUT2D eigenvalue weighted by molar-refractivity contribution is 6.06. The van der Waals surface area contributed by atoms with E-state index in [1.54, 1.807) is 37.3 Å². The molecule has 0 bridgehead atoms. The third-order valence-corrected chi connectivity index (χ3v) is 5.38. The maximum atomic E-state index is 13.0. The smallest absolute Gasteiger partial charge is 0.305 e. The minimum atomic E-state index is -0.283. The minimum Gasteiger partial charge on any atom is -0.493 e. The van der Waals surface area contributed by atoms with Crippen molar-refractivity contribution in [2.45, 2.75) is 46.6 Å². The predicted octanol–water partition coefficient (Wildman–Crippen LogP) is 6.44. The van der Waals surface area contributed by atoms with Crippen LogP contribution in [0, 0.1) is 5.92 Å². The van der Waals surface area contributed by atoms with Crippen molar-refractivity contribution < 1.29 is 23.8 Å². The summed E-state index contributed by atoms with van der Waals surface area (Å²) in [4.78, 5) is 24.4. The number of carbonyl (C=O) groups is 2. The lowest BCUT2D eigenvalue weighted by Gasteiger charge is -2.13. The first-order valence-electron chi connectivity index (χ1n) is 12.4. The number of hydrogen-bond acceptors (Lipinski definition) is 5. The summed E-state index contributed by atoms with van der Waals surface area (Å²) >= 11 is 0. The number of anilines is 1. The molecule has 0 radical (unpaired) electrons. The molecule has 0 heterocycles. The standard InChI is InChI=1S/C30H35NO5/c1-4-34-29(32)13-8-18-35-28-12-6-5-11-27(28)30(33)31-25-9-7-10-26(20-25)36-21-24-16-14-23(15-17-24)19-22(2)3/h5-7,9-12,14-17,20,22H,4,8,13,18-19,21H2,1-3H3,(H,31,33). The van der Waals surface area contributed by atoms with Crippen LogP contribution in [0.1, 0.15) is 55.1 Å². The molecule has 0 unspecified atom stereocenters. The van der Waals surface area contributed by atoms with Gasteiger partial charge in [0.25, 0.3) is 5.91 Å². The van der Waals surface area contributed by atoms with E-state index < -0.39 is 0 Å². The van der Waals surface area contributed by atoms with Crippen LogP contribution in [0.3, 0.4) is 0 Å². The fourth-order valence-corrected chi connectivity index (χ4v) is 3.68. The van der Waals surface area contributed by atoms with Crippen LogP contribution in [-0.4, -0.2) is 25.1 Å². The molecular weight excluding hydrogens is 454 g/mol. The van der Waals surface area contributed by atoms with E-state index >= 15 is 0 Å². The van der Waals surface area contributed by atoms with E-state index in [1.165, 1.54) is 5.56 Å². The summed E-state index contributed by atoms with van der Waals surface area (Å²) in [6.07, 6.45) is 1.84. The zero-order valence-corrected chi connectivity index (χ0v) is 21.3. The van der Waals surface area contributed by atoms with Crippen molar-refractivity contribution in [3.8, 4) is 11.5 Å². The molecule has 0 atom stereocenters. The average molecular weight is 490 g/mol. The lowest BCUT2D eigenvalue weighted by molar-refractivity contribution is -0.143. The summed E-state index contributed by atoms with van der Waals surface area (Å²) in [5.41, 5.74) is 3.45. The molecule has 0 aliphatic carbocycles. The van der Waals surface area contributed by atoms with Crippen molar-refractivity contribution >= 4 is 17.6 Å². The van der Waals surface area contributed by atoms with Gasteiger partial charge in [0.15, 0.2) is 0 Å². The third-order valence-electron chi connectivity index (χ3n) is 5.38. The molecule has 1 N–H and O–H groups in total. The van der Waals surface area contributed by atoms with Gasteiger partial charge in [0.05, 0.1) is 18.8 Å². The normalized spacial score (nSPS) is 10.7. The zero-order chi connectivity index (χ0) is 25.8. The Morgan fingerprint density at radius 3 is 2.39 bits per heavy atom. The van der Waals surface area contributed by atoms with Crippen LogP contribution in [0.2, 0.25) is 0 Å². The van der Waals surface area contributed by atoms with Crippen LogP contribution in [0.5, 0.6) is 11.5 Å². The van der Waals surface area contributed by atoms with Gasteiger partial charge >= 0.3 is 5.97 Å². The van der Waals surface area contributed by atoms with Gasteiger partial charge in [-0.3, -0.25) is 9.59 Å². The molecule has 0 aromatic heterocycles. The lowest BCUT2D eigenvalue weighted by Crippen LogP contribution is -2.14. The molecule has 3 aromatic carbocycles. The number of ether oxygens (including phenoxy) is 3. The Morgan fingerprint density at radius 1 is 0.889 bits per heavy atom. The van der Waals surface area contributed by atoms with E-state index in [2.05, 4.69) is 43.4 Å². The van der Waals surface area contributed by atoms with Crippen LogP contribution in [-0.2, 0) is 22.6 Å². The molecule has 6 nitrogen and oxygen atoms in total. The number of para-hydroxylation sites is 1. The molecule has 0 spiro atoms. The third kappa shape index (κ3) is 8.77. The number of carbonyl (C=O) groups excluding carboxylic acids is 2. The Labute approximate surface area is 213 Å². The van der Waals surface area contributed by atoms with Gasteiger partial charge in [0.1, 0.15) is 18.1 Å². The first-order chi connectivity index (χ1) is 17.4. The number of nitrogens with one attached hydrogen (secondary N) is 1. The summed E-state index contributed by atoms with van der Waals surface area (Å²) in [6, 6.07) is 22.8. The molecule has 36 heavy (non-hydrogen) atoms. The van der Waals surface area contributed by atoms with E-state index in [-0.39, 0.29) is 18.3 Å². The highest BCUT2D eigenvalue weighted by atomic mass is 16.5. The lowest BCUT2D eigenvalue weighted by atomic mass is 10.0. The van der Waals surface area contributed by atoms with Gasteiger partial charge in [-0.1, -0.05) is 56.3 Å². The second kappa shape index (κ2) is 13.9.